The van der Waals surface area contributed by atoms with Gasteiger partial charge in [-0.3, -0.25) is 4.79 Å². The van der Waals surface area contributed by atoms with Crippen LogP contribution in [0.25, 0.3) is 0 Å². The highest BCUT2D eigenvalue weighted by atomic mass is 16.5. The fourth-order valence-electron chi connectivity index (χ4n) is 2.59. The third-order valence-electron chi connectivity index (χ3n) is 3.64. The zero-order valence-corrected chi connectivity index (χ0v) is 11.2. The summed E-state index contributed by atoms with van der Waals surface area (Å²) >= 11 is 0. The summed E-state index contributed by atoms with van der Waals surface area (Å²) < 4.78 is 10.7. The normalized spacial score (nSPS) is 21.1. The molecule has 4 heteroatoms. The second kappa shape index (κ2) is 6.78. The summed E-state index contributed by atoms with van der Waals surface area (Å²) in [7, 11) is 0. The van der Waals surface area contributed by atoms with Crippen LogP contribution in [-0.4, -0.2) is 43.8 Å². The van der Waals surface area contributed by atoms with Gasteiger partial charge >= 0.3 is 5.97 Å². The van der Waals surface area contributed by atoms with Crippen LogP contribution in [0.3, 0.4) is 0 Å². The Labute approximate surface area is 109 Å². The van der Waals surface area contributed by atoms with Crippen molar-refractivity contribution in [2.24, 2.45) is 0 Å². The summed E-state index contributed by atoms with van der Waals surface area (Å²) in [5.74, 6) is -0.102. The highest BCUT2D eigenvalue weighted by Gasteiger charge is 2.21. The Kier molecular flexibility index (Phi) is 5.05. The van der Waals surface area contributed by atoms with Crippen molar-refractivity contribution in [3.8, 4) is 0 Å². The van der Waals surface area contributed by atoms with Gasteiger partial charge in [0.25, 0.3) is 0 Å². The lowest BCUT2D eigenvalue weighted by Crippen LogP contribution is -2.37. The number of esters is 1. The average molecular weight is 253 g/mol. The minimum absolute atomic E-state index is 0.102. The first-order valence-corrected chi connectivity index (χ1v) is 7.00. The van der Waals surface area contributed by atoms with Gasteiger partial charge in [0.2, 0.25) is 0 Å². The lowest BCUT2D eigenvalue weighted by atomic mass is 9.95. The first-order chi connectivity index (χ1) is 8.81. The van der Waals surface area contributed by atoms with Gasteiger partial charge in [-0.05, 0) is 31.3 Å². The molecule has 1 heterocycles. The summed E-state index contributed by atoms with van der Waals surface area (Å²) in [6.45, 7) is 5.89. The summed E-state index contributed by atoms with van der Waals surface area (Å²) in [6, 6.07) is 0. The molecule has 1 fully saturated rings. The first-order valence-electron chi connectivity index (χ1n) is 7.00. The minimum atomic E-state index is -0.102. The molecule has 18 heavy (non-hydrogen) atoms. The predicted octanol–water partition coefficient (Wildman–Crippen LogP) is 2.10. The van der Waals surface area contributed by atoms with E-state index in [1.54, 1.807) is 0 Å². The van der Waals surface area contributed by atoms with Crippen LogP contribution in [0.2, 0.25) is 0 Å². The maximum Gasteiger partial charge on any atom is 0.305 e. The number of carbonyl (C=O) groups excluding carboxylic acids is 1. The third-order valence-corrected chi connectivity index (χ3v) is 3.64. The SMILES string of the molecule is CCC(=O)OCC1=C(N2CCOCC2)CCCC1. The Morgan fingerprint density at radius 2 is 2.00 bits per heavy atom. The van der Waals surface area contributed by atoms with Crippen molar-refractivity contribution < 1.29 is 14.3 Å². The molecule has 0 atom stereocenters. The molecule has 2 aliphatic rings. The molecule has 0 radical (unpaired) electrons. The van der Waals surface area contributed by atoms with Crippen LogP contribution in [0, 0.1) is 0 Å². The van der Waals surface area contributed by atoms with Gasteiger partial charge in [0, 0.05) is 25.2 Å². The van der Waals surface area contributed by atoms with Gasteiger partial charge in [-0.15, -0.1) is 0 Å². The van der Waals surface area contributed by atoms with E-state index in [2.05, 4.69) is 4.90 Å². The van der Waals surface area contributed by atoms with Gasteiger partial charge in [0.15, 0.2) is 0 Å². The van der Waals surface area contributed by atoms with Gasteiger partial charge in [0.1, 0.15) is 6.61 Å². The molecule has 102 valence electrons. The minimum Gasteiger partial charge on any atom is -0.461 e. The fraction of sp³-hybridized carbons (Fsp3) is 0.786. The number of rotatable bonds is 4. The van der Waals surface area contributed by atoms with E-state index in [4.69, 9.17) is 9.47 Å². The van der Waals surface area contributed by atoms with Gasteiger partial charge in [0.05, 0.1) is 13.2 Å². The van der Waals surface area contributed by atoms with Crippen molar-refractivity contribution in [1.29, 1.82) is 0 Å². The van der Waals surface area contributed by atoms with E-state index in [-0.39, 0.29) is 5.97 Å². The Morgan fingerprint density at radius 3 is 2.72 bits per heavy atom. The molecule has 1 saturated heterocycles. The molecule has 0 amide bonds. The van der Waals surface area contributed by atoms with E-state index >= 15 is 0 Å². The largest absolute Gasteiger partial charge is 0.461 e. The average Bonchev–Trinajstić information content (AvgIpc) is 2.46. The molecule has 0 aromatic rings. The smallest absolute Gasteiger partial charge is 0.305 e. The van der Waals surface area contributed by atoms with Gasteiger partial charge in [-0.1, -0.05) is 6.92 Å². The van der Waals surface area contributed by atoms with Crippen LogP contribution in [0.5, 0.6) is 0 Å². The molecule has 0 bridgehead atoms. The van der Waals surface area contributed by atoms with Crippen LogP contribution >= 0.6 is 0 Å². The van der Waals surface area contributed by atoms with Crippen molar-refractivity contribution in [3.05, 3.63) is 11.3 Å². The highest BCUT2D eigenvalue weighted by Crippen LogP contribution is 2.28. The zero-order chi connectivity index (χ0) is 12.8. The molecular formula is C14H23NO3. The van der Waals surface area contributed by atoms with E-state index in [9.17, 15) is 4.79 Å². The van der Waals surface area contributed by atoms with Crippen molar-refractivity contribution in [2.45, 2.75) is 39.0 Å². The standard InChI is InChI=1S/C14H23NO3/c1-2-14(16)18-11-12-5-3-4-6-13(12)15-7-9-17-10-8-15/h2-11H2,1H3. The monoisotopic (exact) mass is 253 g/mol. The van der Waals surface area contributed by atoms with E-state index < -0.39 is 0 Å². The van der Waals surface area contributed by atoms with E-state index in [1.165, 1.54) is 24.1 Å². The molecule has 0 saturated carbocycles. The Morgan fingerprint density at radius 1 is 1.28 bits per heavy atom. The number of morpholine rings is 1. The maximum atomic E-state index is 11.3. The van der Waals surface area contributed by atoms with Crippen molar-refractivity contribution >= 4 is 5.97 Å². The molecule has 0 spiro atoms. The molecule has 2 rings (SSSR count). The molecule has 0 aromatic carbocycles. The molecule has 4 nitrogen and oxygen atoms in total. The Bertz CT molecular complexity index is 319. The molecule has 1 aliphatic carbocycles. The number of hydrogen-bond acceptors (Lipinski definition) is 4. The highest BCUT2D eigenvalue weighted by molar-refractivity contribution is 5.69. The van der Waals surface area contributed by atoms with Crippen LogP contribution in [0.1, 0.15) is 39.0 Å². The van der Waals surface area contributed by atoms with E-state index in [0.29, 0.717) is 13.0 Å². The lowest BCUT2D eigenvalue weighted by Gasteiger charge is -2.35. The zero-order valence-electron chi connectivity index (χ0n) is 11.2. The van der Waals surface area contributed by atoms with Crippen LogP contribution in [0.4, 0.5) is 0 Å². The quantitative estimate of drug-likeness (QED) is 0.719. The Balaban J connectivity index is 2.00. The Hall–Kier alpha value is -1.03. The summed E-state index contributed by atoms with van der Waals surface area (Å²) in [5.41, 5.74) is 2.73. The number of carbonyl (C=O) groups is 1. The lowest BCUT2D eigenvalue weighted by molar-refractivity contribution is -0.142. The van der Waals surface area contributed by atoms with Crippen molar-refractivity contribution in [3.63, 3.8) is 0 Å². The topological polar surface area (TPSA) is 38.8 Å². The third kappa shape index (κ3) is 3.48. The summed E-state index contributed by atoms with van der Waals surface area (Å²) in [4.78, 5) is 13.7. The predicted molar refractivity (Wildman–Crippen MR) is 69.1 cm³/mol. The molecule has 1 aliphatic heterocycles. The first kappa shape index (κ1) is 13.4. The van der Waals surface area contributed by atoms with Crippen molar-refractivity contribution in [2.75, 3.05) is 32.9 Å². The van der Waals surface area contributed by atoms with Gasteiger partial charge in [-0.2, -0.15) is 0 Å². The second-order valence-corrected chi connectivity index (χ2v) is 4.87. The number of nitrogens with zero attached hydrogens (tertiary/aromatic N) is 1. The second-order valence-electron chi connectivity index (χ2n) is 4.87. The van der Waals surface area contributed by atoms with Crippen LogP contribution < -0.4 is 0 Å². The van der Waals surface area contributed by atoms with E-state index in [1.807, 2.05) is 6.92 Å². The van der Waals surface area contributed by atoms with Gasteiger partial charge in [-0.25, -0.2) is 0 Å². The van der Waals surface area contributed by atoms with Crippen LogP contribution in [0.15, 0.2) is 11.3 Å². The van der Waals surface area contributed by atoms with Gasteiger partial charge < -0.3 is 14.4 Å². The number of hydrogen-bond donors (Lipinski definition) is 0. The molecule has 0 N–H and O–H groups in total. The number of allylic oxidation sites excluding steroid dienone is 1. The summed E-state index contributed by atoms with van der Waals surface area (Å²) in [5, 5.41) is 0. The van der Waals surface area contributed by atoms with Crippen LogP contribution in [-0.2, 0) is 14.3 Å². The molecular weight excluding hydrogens is 230 g/mol. The number of ether oxygens (including phenoxy) is 2. The fourth-order valence-corrected chi connectivity index (χ4v) is 2.59. The summed E-state index contributed by atoms with van der Waals surface area (Å²) in [6.07, 6.45) is 5.12. The molecule has 0 unspecified atom stereocenters. The molecule has 0 aromatic heterocycles. The van der Waals surface area contributed by atoms with Crippen molar-refractivity contribution in [1.82, 2.24) is 4.90 Å². The van der Waals surface area contributed by atoms with E-state index in [0.717, 1.165) is 39.1 Å². The maximum absolute atomic E-state index is 11.3.